The van der Waals surface area contributed by atoms with E-state index in [1.54, 1.807) is 0 Å². The Hall–Kier alpha value is -5.32. The number of rotatable bonds is 73. The van der Waals surface area contributed by atoms with E-state index < -0.39 is 97.5 Å². The zero-order chi connectivity index (χ0) is 76.0. The van der Waals surface area contributed by atoms with Crippen LogP contribution in [0.2, 0.25) is 0 Å². The third-order valence-corrected chi connectivity index (χ3v) is 17.9. The van der Waals surface area contributed by atoms with E-state index in [4.69, 9.17) is 37.0 Å². The zero-order valence-electron chi connectivity index (χ0n) is 64.6. The first-order valence-electron chi connectivity index (χ1n) is 39.7. The SMILES string of the molecule is CC/C=C\C/C=C\C/C=C\C/C=C\C/C=C\CCCCCC(=O)OCC(COP(=O)(O)OCC(O)COP(=O)(O)OCC(COC(=O)CCC/C=C\C/C=C\C/C=C\C/C=C\C/C=C\CC)OC(=O)CCCCCCC/C=C\CCCCCC)OC(=O)CCCCCCC/C=C\C/C=C\CCCCC. The Labute approximate surface area is 629 Å². The number of aliphatic hydroxyl groups is 1. The van der Waals surface area contributed by atoms with E-state index in [0.717, 1.165) is 167 Å². The molecule has 0 amide bonds. The lowest BCUT2D eigenvalue weighted by atomic mass is 10.1. The molecule has 0 aromatic carbocycles. The van der Waals surface area contributed by atoms with Crippen molar-refractivity contribution in [3.8, 4) is 0 Å². The summed E-state index contributed by atoms with van der Waals surface area (Å²) in [6, 6.07) is 0. The normalized spacial score (nSPS) is 14.7. The van der Waals surface area contributed by atoms with Crippen LogP contribution in [0.5, 0.6) is 0 Å². The van der Waals surface area contributed by atoms with Gasteiger partial charge in [-0.2, -0.15) is 0 Å². The van der Waals surface area contributed by atoms with Crippen molar-refractivity contribution in [2.24, 2.45) is 0 Å². The number of hydrogen-bond donors (Lipinski definition) is 3. The predicted octanol–water partition coefficient (Wildman–Crippen LogP) is 23.2. The van der Waals surface area contributed by atoms with Crippen LogP contribution >= 0.6 is 15.6 Å². The lowest BCUT2D eigenvalue weighted by Crippen LogP contribution is -2.30. The number of phosphoric ester groups is 2. The second-order valence-electron chi connectivity index (χ2n) is 25.9. The van der Waals surface area contributed by atoms with Crippen LogP contribution in [-0.2, 0) is 65.4 Å². The minimum Gasteiger partial charge on any atom is -0.462 e. The van der Waals surface area contributed by atoms with E-state index in [0.29, 0.717) is 32.1 Å². The number of hydrogen-bond acceptors (Lipinski definition) is 15. The molecular weight excluding hydrogens is 1350 g/mol. The van der Waals surface area contributed by atoms with Crippen molar-refractivity contribution in [3.05, 3.63) is 158 Å². The third-order valence-electron chi connectivity index (χ3n) is 16.0. The highest BCUT2D eigenvalue weighted by molar-refractivity contribution is 7.47. The van der Waals surface area contributed by atoms with Gasteiger partial charge in [0.15, 0.2) is 12.2 Å². The molecule has 0 aromatic heterocycles. The summed E-state index contributed by atoms with van der Waals surface area (Å²) in [5.41, 5.74) is 0. The van der Waals surface area contributed by atoms with Gasteiger partial charge in [-0.05, 0) is 167 Å². The van der Waals surface area contributed by atoms with Gasteiger partial charge in [-0.25, -0.2) is 9.13 Å². The van der Waals surface area contributed by atoms with Gasteiger partial charge < -0.3 is 33.8 Å². The van der Waals surface area contributed by atoms with E-state index in [1.165, 1.54) is 44.9 Å². The lowest BCUT2D eigenvalue weighted by Gasteiger charge is -2.21. The summed E-state index contributed by atoms with van der Waals surface area (Å²) in [6.07, 6.45) is 88.0. The van der Waals surface area contributed by atoms with Crippen LogP contribution in [0.4, 0.5) is 0 Å². The van der Waals surface area contributed by atoms with Crippen molar-refractivity contribution < 1.29 is 80.2 Å². The maximum atomic E-state index is 13.1. The van der Waals surface area contributed by atoms with Gasteiger partial charge in [0.1, 0.15) is 19.3 Å². The first-order valence-corrected chi connectivity index (χ1v) is 42.7. The standard InChI is InChI=1S/C85H140O17P2/c1-5-9-13-17-21-25-29-33-36-38-39-41-44-47-50-54-58-62-66-70-83(88)96-76-81(102-85(90)72-68-64-60-56-52-48-42-35-31-27-23-19-15-11-7-3)78-100-104(93,94)98-74-79(86)73-97-103(91,92)99-77-80(101-84(89)71-67-63-59-55-51-45-32-28-24-20-16-12-8-4)75-95-82(87)69-65-61-57-53-49-46-43-40-37-34-30-26-22-18-14-10-6-2/h9-10,13-14,21-23,25-28,32-37,39,41-43,46-47,50,53,57,79-81,86H,5-8,11-12,15-20,24,29-31,38,40,44-45,48-49,51-52,54-56,58-78H2,1-4H3,(H,91,92)(H,93,94)/b13-9-,14-10-,25-21-,26-22-,27-23-,32-28-,36-33-,37-34-,41-39-,42-35-,46-43-,50-47-,57-53-. The summed E-state index contributed by atoms with van der Waals surface area (Å²) < 4.78 is 68.5. The van der Waals surface area contributed by atoms with Gasteiger partial charge in [0.25, 0.3) is 0 Å². The van der Waals surface area contributed by atoms with Gasteiger partial charge in [-0.3, -0.25) is 37.3 Å². The Kier molecular flexibility index (Phi) is 72.0. The van der Waals surface area contributed by atoms with Crippen LogP contribution in [0, 0.1) is 0 Å². The van der Waals surface area contributed by atoms with Crippen LogP contribution in [-0.4, -0.2) is 96.7 Å². The average Bonchev–Trinajstić information content (AvgIpc) is 0.911. The average molecular weight is 1500 g/mol. The van der Waals surface area contributed by atoms with Gasteiger partial charge in [0.2, 0.25) is 0 Å². The minimum absolute atomic E-state index is 0.0650. The molecule has 0 aliphatic carbocycles. The number of phosphoric acid groups is 2. The monoisotopic (exact) mass is 1490 g/mol. The topological polar surface area (TPSA) is 237 Å². The van der Waals surface area contributed by atoms with Crippen molar-refractivity contribution >= 4 is 39.5 Å². The lowest BCUT2D eigenvalue weighted by molar-refractivity contribution is -0.161. The van der Waals surface area contributed by atoms with Gasteiger partial charge in [0, 0.05) is 25.7 Å². The van der Waals surface area contributed by atoms with E-state index in [2.05, 4.69) is 174 Å². The second kappa shape index (κ2) is 75.9. The number of ether oxygens (including phenoxy) is 4. The highest BCUT2D eigenvalue weighted by Gasteiger charge is 2.30. The fraction of sp³-hybridized carbons (Fsp3) is 0.647. The summed E-state index contributed by atoms with van der Waals surface area (Å²) in [5.74, 6) is -2.31. The Balaban J connectivity index is 5.46. The molecule has 0 rings (SSSR count). The molecule has 0 fully saturated rings. The van der Waals surface area contributed by atoms with E-state index in [9.17, 15) is 43.2 Å². The molecule has 0 radical (unpaired) electrons. The van der Waals surface area contributed by atoms with Gasteiger partial charge in [-0.1, -0.05) is 263 Å². The van der Waals surface area contributed by atoms with Crippen molar-refractivity contribution in [3.63, 3.8) is 0 Å². The van der Waals surface area contributed by atoms with Crippen LogP contribution in [0.25, 0.3) is 0 Å². The first-order chi connectivity index (χ1) is 50.7. The van der Waals surface area contributed by atoms with Crippen molar-refractivity contribution in [2.45, 2.75) is 316 Å². The number of carbonyl (C=O) groups excluding carboxylic acids is 4. The molecule has 0 bridgehead atoms. The molecular formula is C85H140O17P2. The van der Waals surface area contributed by atoms with Crippen LogP contribution in [0.1, 0.15) is 297 Å². The van der Waals surface area contributed by atoms with Gasteiger partial charge >= 0.3 is 39.5 Å². The van der Waals surface area contributed by atoms with Crippen LogP contribution in [0.3, 0.4) is 0 Å². The van der Waals surface area contributed by atoms with Crippen molar-refractivity contribution in [2.75, 3.05) is 39.6 Å². The largest absolute Gasteiger partial charge is 0.472 e. The first kappa shape index (κ1) is 98.7. The molecule has 0 aliphatic rings. The fourth-order valence-electron chi connectivity index (χ4n) is 9.95. The van der Waals surface area contributed by atoms with Crippen molar-refractivity contribution in [1.82, 2.24) is 0 Å². The highest BCUT2D eigenvalue weighted by Crippen LogP contribution is 2.45. The summed E-state index contributed by atoms with van der Waals surface area (Å²) in [7, 11) is -10.00. The molecule has 5 atom stereocenters. The third kappa shape index (κ3) is 74.9. The Morgan fingerprint density at radius 2 is 0.510 bits per heavy atom. The molecule has 0 aromatic rings. The smallest absolute Gasteiger partial charge is 0.462 e. The molecule has 19 heteroatoms. The summed E-state index contributed by atoms with van der Waals surface area (Å²) in [6.45, 7) is 4.47. The molecule has 17 nitrogen and oxygen atoms in total. The summed E-state index contributed by atoms with van der Waals surface area (Å²) in [5, 5.41) is 10.6. The number of aliphatic hydroxyl groups excluding tert-OH is 1. The number of carbonyl (C=O) groups is 4. The van der Waals surface area contributed by atoms with Crippen LogP contribution in [0.15, 0.2) is 158 Å². The second-order valence-corrected chi connectivity index (χ2v) is 28.8. The van der Waals surface area contributed by atoms with Gasteiger partial charge in [-0.15, -0.1) is 0 Å². The molecule has 0 saturated heterocycles. The zero-order valence-corrected chi connectivity index (χ0v) is 66.4. The van der Waals surface area contributed by atoms with E-state index >= 15 is 0 Å². The predicted molar refractivity (Wildman–Crippen MR) is 427 cm³/mol. The maximum absolute atomic E-state index is 13.1. The molecule has 5 unspecified atom stereocenters. The van der Waals surface area contributed by atoms with E-state index in [-0.39, 0.29) is 25.7 Å². The molecule has 0 aliphatic heterocycles. The highest BCUT2D eigenvalue weighted by atomic mass is 31.2. The number of esters is 4. The molecule has 0 saturated carbocycles. The number of allylic oxidation sites excluding steroid dienone is 26. The summed E-state index contributed by atoms with van der Waals surface area (Å²) in [4.78, 5) is 73.0. The fourth-order valence-corrected chi connectivity index (χ4v) is 11.5. The van der Waals surface area contributed by atoms with Crippen LogP contribution < -0.4 is 0 Å². The quantitative estimate of drug-likeness (QED) is 0.0169. The van der Waals surface area contributed by atoms with E-state index in [1.807, 2.05) is 12.2 Å². The van der Waals surface area contributed by atoms with Crippen molar-refractivity contribution in [1.29, 1.82) is 0 Å². The minimum atomic E-state index is -5.00. The molecule has 0 spiro atoms. The molecule has 592 valence electrons. The summed E-state index contributed by atoms with van der Waals surface area (Å²) >= 11 is 0. The number of unbranched alkanes of at least 4 members (excludes halogenated alkanes) is 21. The Morgan fingerprint density at radius 1 is 0.279 bits per heavy atom. The molecule has 104 heavy (non-hydrogen) atoms. The Morgan fingerprint density at radius 3 is 0.846 bits per heavy atom. The van der Waals surface area contributed by atoms with Gasteiger partial charge in [0.05, 0.1) is 26.4 Å². The Bertz CT molecular complexity index is 2590. The molecule has 3 N–H and O–H groups in total. The maximum Gasteiger partial charge on any atom is 0.472 e. The molecule has 0 heterocycles.